The summed E-state index contributed by atoms with van der Waals surface area (Å²) in [5.41, 5.74) is 1.06. The van der Waals surface area contributed by atoms with E-state index in [4.69, 9.17) is 9.47 Å². The van der Waals surface area contributed by atoms with E-state index in [0.29, 0.717) is 19.4 Å². The Morgan fingerprint density at radius 2 is 2.12 bits per heavy atom. The number of benzene rings is 1. The van der Waals surface area contributed by atoms with Crippen molar-refractivity contribution in [3.63, 3.8) is 0 Å². The molecule has 1 aliphatic rings. The minimum Gasteiger partial charge on any atom is -0.496 e. The van der Waals surface area contributed by atoms with Crippen molar-refractivity contribution in [1.29, 1.82) is 0 Å². The smallest absolute Gasteiger partial charge is 0.314 e. The van der Waals surface area contributed by atoms with Gasteiger partial charge in [-0.2, -0.15) is 0 Å². The van der Waals surface area contributed by atoms with Crippen LogP contribution in [-0.4, -0.2) is 25.3 Å². The molecule has 0 bridgehead atoms. The lowest BCUT2D eigenvalue weighted by atomic mass is 9.94. The van der Waals surface area contributed by atoms with Crippen LogP contribution in [0.25, 0.3) is 0 Å². The summed E-state index contributed by atoms with van der Waals surface area (Å²) < 4.78 is 10.3. The number of rotatable bonds is 5. The van der Waals surface area contributed by atoms with Crippen LogP contribution in [0.1, 0.15) is 24.0 Å². The van der Waals surface area contributed by atoms with Crippen molar-refractivity contribution >= 4 is 5.97 Å². The van der Waals surface area contributed by atoms with E-state index in [2.05, 4.69) is 0 Å². The molecule has 1 aromatic rings. The molecule has 1 aliphatic carbocycles. The van der Waals surface area contributed by atoms with Gasteiger partial charge in [0.15, 0.2) is 0 Å². The zero-order valence-electron chi connectivity index (χ0n) is 10.0. The molecule has 0 heterocycles. The van der Waals surface area contributed by atoms with Gasteiger partial charge in [0, 0.05) is 12.7 Å². The van der Waals surface area contributed by atoms with Gasteiger partial charge in [0.2, 0.25) is 0 Å². The Labute approximate surface area is 100 Å². The van der Waals surface area contributed by atoms with Gasteiger partial charge in [-0.3, -0.25) is 4.79 Å². The predicted molar refractivity (Wildman–Crippen MR) is 62.3 cm³/mol. The van der Waals surface area contributed by atoms with Crippen molar-refractivity contribution < 1.29 is 19.4 Å². The monoisotopic (exact) mass is 236 g/mol. The van der Waals surface area contributed by atoms with Crippen molar-refractivity contribution in [3.8, 4) is 5.75 Å². The lowest BCUT2D eigenvalue weighted by Crippen LogP contribution is -2.19. The number of aliphatic carboxylic acids is 1. The van der Waals surface area contributed by atoms with Crippen LogP contribution in [0.2, 0.25) is 0 Å². The van der Waals surface area contributed by atoms with Crippen LogP contribution in [0.5, 0.6) is 5.75 Å². The summed E-state index contributed by atoms with van der Waals surface area (Å²) in [5.74, 6) is -0.0113. The molecule has 4 nitrogen and oxygen atoms in total. The van der Waals surface area contributed by atoms with Crippen molar-refractivity contribution in [1.82, 2.24) is 0 Å². The number of carbonyl (C=O) groups is 1. The van der Waals surface area contributed by atoms with Crippen LogP contribution in [0, 0.1) is 0 Å². The summed E-state index contributed by atoms with van der Waals surface area (Å²) in [4.78, 5) is 11.2. The minimum absolute atomic E-state index is 0.423. The van der Waals surface area contributed by atoms with Crippen molar-refractivity contribution in [2.45, 2.75) is 24.9 Å². The molecule has 1 N–H and O–H groups in total. The summed E-state index contributed by atoms with van der Waals surface area (Å²) in [7, 11) is 3.20. The van der Waals surface area contributed by atoms with Crippen LogP contribution >= 0.6 is 0 Å². The molecule has 0 aromatic heterocycles. The summed E-state index contributed by atoms with van der Waals surface area (Å²) in [5, 5.41) is 9.24. The Kier molecular flexibility index (Phi) is 3.07. The first-order chi connectivity index (χ1) is 8.14. The van der Waals surface area contributed by atoms with E-state index in [9.17, 15) is 9.90 Å². The van der Waals surface area contributed by atoms with Crippen LogP contribution in [0.4, 0.5) is 0 Å². The zero-order chi connectivity index (χ0) is 12.5. The van der Waals surface area contributed by atoms with E-state index in [1.807, 2.05) is 18.2 Å². The van der Waals surface area contributed by atoms with Crippen molar-refractivity contribution in [3.05, 3.63) is 29.3 Å². The molecule has 0 aliphatic heterocycles. The first-order valence-electron chi connectivity index (χ1n) is 5.54. The molecule has 92 valence electrons. The van der Waals surface area contributed by atoms with Gasteiger partial charge in [-0.25, -0.2) is 0 Å². The average molecular weight is 236 g/mol. The molecular formula is C13H16O4. The Balaban J connectivity index is 2.37. The standard InChI is InChI=1S/C13H16O4/c1-16-8-9-7-10(3-4-11(9)17-2)13(5-6-13)12(14)15/h3-4,7H,5-6,8H2,1-2H3,(H,14,15). The molecule has 4 heteroatoms. The Morgan fingerprint density at radius 1 is 1.41 bits per heavy atom. The molecule has 1 aromatic carbocycles. The fourth-order valence-corrected chi connectivity index (χ4v) is 2.10. The maximum atomic E-state index is 11.2. The Bertz CT molecular complexity index is 435. The number of carboxylic acids is 1. The number of hydrogen-bond donors (Lipinski definition) is 1. The lowest BCUT2D eigenvalue weighted by molar-refractivity contribution is -0.140. The van der Waals surface area contributed by atoms with Gasteiger partial charge >= 0.3 is 5.97 Å². The number of hydrogen-bond acceptors (Lipinski definition) is 3. The maximum Gasteiger partial charge on any atom is 0.314 e. The molecule has 1 saturated carbocycles. The highest BCUT2D eigenvalue weighted by Crippen LogP contribution is 2.49. The van der Waals surface area contributed by atoms with E-state index in [1.54, 1.807) is 14.2 Å². The van der Waals surface area contributed by atoms with E-state index in [1.165, 1.54) is 0 Å². The topological polar surface area (TPSA) is 55.8 Å². The third kappa shape index (κ3) is 2.00. The van der Waals surface area contributed by atoms with E-state index < -0.39 is 11.4 Å². The van der Waals surface area contributed by atoms with Gasteiger partial charge in [-0.05, 0) is 30.5 Å². The average Bonchev–Trinajstić information content (AvgIpc) is 3.10. The second-order valence-corrected chi connectivity index (χ2v) is 4.35. The Hall–Kier alpha value is -1.55. The highest BCUT2D eigenvalue weighted by molar-refractivity contribution is 5.85. The highest BCUT2D eigenvalue weighted by atomic mass is 16.5. The molecule has 0 radical (unpaired) electrons. The van der Waals surface area contributed by atoms with Crippen LogP contribution in [-0.2, 0) is 21.6 Å². The quantitative estimate of drug-likeness (QED) is 0.849. The molecule has 17 heavy (non-hydrogen) atoms. The van der Waals surface area contributed by atoms with Crippen molar-refractivity contribution in [2.75, 3.05) is 14.2 Å². The third-order valence-electron chi connectivity index (χ3n) is 3.29. The normalized spacial score (nSPS) is 16.6. The minimum atomic E-state index is -0.744. The largest absolute Gasteiger partial charge is 0.496 e. The van der Waals surface area contributed by atoms with Crippen LogP contribution in [0.15, 0.2) is 18.2 Å². The zero-order valence-corrected chi connectivity index (χ0v) is 10.0. The summed E-state index contributed by atoms with van der Waals surface area (Å²) in [6, 6.07) is 5.52. The molecule has 0 amide bonds. The summed E-state index contributed by atoms with van der Waals surface area (Å²) in [6.45, 7) is 0.423. The van der Waals surface area contributed by atoms with Crippen LogP contribution in [0.3, 0.4) is 0 Å². The fourth-order valence-electron chi connectivity index (χ4n) is 2.10. The summed E-state index contributed by atoms with van der Waals surface area (Å²) in [6.07, 6.45) is 1.42. The van der Waals surface area contributed by atoms with Gasteiger partial charge in [-0.15, -0.1) is 0 Å². The highest BCUT2D eigenvalue weighted by Gasteiger charge is 2.51. The van der Waals surface area contributed by atoms with Gasteiger partial charge in [-0.1, -0.05) is 6.07 Å². The molecule has 0 saturated heterocycles. The van der Waals surface area contributed by atoms with Gasteiger partial charge in [0.05, 0.1) is 19.1 Å². The maximum absolute atomic E-state index is 11.2. The van der Waals surface area contributed by atoms with Gasteiger partial charge in [0.25, 0.3) is 0 Å². The Morgan fingerprint density at radius 3 is 2.59 bits per heavy atom. The summed E-state index contributed by atoms with van der Waals surface area (Å²) >= 11 is 0. The predicted octanol–water partition coefficient (Wildman–Crippen LogP) is 1.96. The molecular weight excluding hydrogens is 220 g/mol. The van der Waals surface area contributed by atoms with E-state index in [-0.39, 0.29) is 0 Å². The first-order valence-corrected chi connectivity index (χ1v) is 5.54. The first kappa shape index (κ1) is 11.9. The van der Waals surface area contributed by atoms with E-state index >= 15 is 0 Å². The molecule has 0 unspecified atom stereocenters. The molecule has 1 fully saturated rings. The SMILES string of the molecule is COCc1cc(C2(C(=O)O)CC2)ccc1OC. The van der Waals surface area contributed by atoms with Gasteiger partial charge < -0.3 is 14.6 Å². The van der Waals surface area contributed by atoms with Crippen molar-refractivity contribution in [2.24, 2.45) is 0 Å². The number of carboxylic acid groups (broad SMARTS) is 1. The van der Waals surface area contributed by atoms with Crippen LogP contribution < -0.4 is 4.74 Å². The van der Waals surface area contributed by atoms with E-state index in [0.717, 1.165) is 16.9 Å². The lowest BCUT2D eigenvalue weighted by Gasteiger charge is -2.14. The second-order valence-electron chi connectivity index (χ2n) is 4.35. The number of ether oxygens (including phenoxy) is 2. The molecule has 0 spiro atoms. The molecule has 0 atom stereocenters. The molecule has 2 rings (SSSR count). The van der Waals surface area contributed by atoms with Gasteiger partial charge in [0.1, 0.15) is 5.75 Å². The number of methoxy groups -OCH3 is 2. The fraction of sp³-hybridized carbons (Fsp3) is 0.462. The second kappa shape index (κ2) is 4.37. The third-order valence-corrected chi connectivity index (χ3v) is 3.29.